The Kier molecular flexibility index (Phi) is 4.56. The molecule has 0 radical (unpaired) electrons. The molecule has 2 rings (SSSR count). The van der Waals surface area contributed by atoms with Crippen molar-refractivity contribution in [2.45, 2.75) is 38.3 Å². The minimum absolute atomic E-state index is 0.0721. The fraction of sp³-hybridized carbons (Fsp3) is 0.500. The molecule has 2 N–H and O–H groups in total. The number of rotatable bonds is 7. The zero-order chi connectivity index (χ0) is 14.6. The van der Waals surface area contributed by atoms with Gasteiger partial charge in [-0.05, 0) is 13.3 Å². The number of aromatic amines is 1. The van der Waals surface area contributed by atoms with Crippen LogP contribution in [-0.4, -0.2) is 34.5 Å². The van der Waals surface area contributed by atoms with Gasteiger partial charge in [0.2, 0.25) is 0 Å². The number of H-pyrrole nitrogens is 1. The molecule has 110 valence electrons. The molecule has 0 aliphatic rings. The maximum absolute atomic E-state index is 12.1. The van der Waals surface area contributed by atoms with Crippen molar-refractivity contribution < 1.29 is 8.42 Å². The second-order valence-corrected chi connectivity index (χ2v) is 6.22. The number of nitrogens with zero attached hydrogens (tertiary/aromatic N) is 3. The Morgan fingerprint density at radius 3 is 2.90 bits per heavy atom. The summed E-state index contributed by atoms with van der Waals surface area (Å²) < 4.78 is 28.6. The van der Waals surface area contributed by atoms with Gasteiger partial charge in [-0.25, -0.2) is 23.1 Å². The van der Waals surface area contributed by atoms with Gasteiger partial charge in [0.05, 0.1) is 0 Å². The molecule has 0 aliphatic heterocycles. The highest BCUT2D eigenvalue weighted by molar-refractivity contribution is 7.89. The molecule has 0 spiro atoms. The van der Waals surface area contributed by atoms with Gasteiger partial charge >= 0.3 is 0 Å². The largest absolute Gasteiger partial charge is 0.349 e. The summed E-state index contributed by atoms with van der Waals surface area (Å²) in [7, 11) is -3.56. The number of hydrogen-bond donors (Lipinski definition) is 2. The Balaban J connectivity index is 2.00. The van der Waals surface area contributed by atoms with Crippen LogP contribution in [0.2, 0.25) is 0 Å². The Labute approximate surface area is 118 Å². The van der Waals surface area contributed by atoms with E-state index in [-0.39, 0.29) is 11.6 Å². The zero-order valence-corrected chi connectivity index (χ0v) is 12.4. The van der Waals surface area contributed by atoms with Gasteiger partial charge in [-0.1, -0.05) is 6.92 Å². The van der Waals surface area contributed by atoms with Crippen molar-refractivity contribution in [3.63, 3.8) is 0 Å². The monoisotopic (exact) mass is 297 g/mol. The number of nitrogens with one attached hydrogen (secondary N) is 2. The lowest BCUT2D eigenvalue weighted by molar-refractivity contribution is 0.577. The maximum Gasteiger partial charge on any atom is 0.259 e. The number of aryl methyl sites for hydroxylation is 2. The van der Waals surface area contributed by atoms with Crippen molar-refractivity contribution in [2.24, 2.45) is 0 Å². The van der Waals surface area contributed by atoms with Crippen LogP contribution in [0.4, 0.5) is 0 Å². The molecule has 2 aromatic rings. The van der Waals surface area contributed by atoms with Crippen molar-refractivity contribution in [3.05, 3.63) is 30.2 Å². The highest BCUT2D eigenvalue weighted by Gasteiger charge is 2.18. The molecule has 0 saturated heterocycles. The first-order chi connectivity index (χ1) is 9.53. The minimum Gasteiger partial charge on any atom is -0.349 e. The lowest BCUT2D eigenvalue weighted by Crippen LogP contribution is -2.26. The molecule has 0 saturated carbocycles. The third-order valence-corrected chi connectivity index (χ3v) is 4.23. The number of imidazole rings is 2. The highest BCUT2D eigenvalue weighted by atomic mass is 32.2. The van der Waals surface area contributed by atoms with E-state index in [0.717, 1.165) is 18.8 Å². The van der Waals surface area contributed by atoms with Gasteiger partial charge in [-0.2, -0.15) is 0 Å². The minimum atomic E-state index is -3.56. The van der Waals surface area contributed by atoms with E-state index in [4.69, 9.17) is 0 Å². The second-order valence-electron chi connectivity index (χ2n) is 4.50. The fourth-order valence-electron chi connectivity index (χ4n) is 1.89. The van der Waals surface area contributed by atoms with Crippen LogP contribution >= 0.6 is 0 Å². The van der Waals surface area contributed by atoms with E-state index >= 15 is 0 Å². The normalized spacial score (nSPS) is 11.9. The average Bonchev–Trinajstić information content (AvgIpc) is 3.01. The first-order valence-electron chi connectivity index (χ1n) is 6.54. The van der Waals surface area contributed by atoms with E-state index in [1.165, 1.54) is 0 Å². The van der Waals surface area contributed by atoms with Crippen LogP contribution in [0.1, 0.15) is 25.0 Å². The standard InChI is InChI=1S/C12H19N5O2S/c1-3-8-17-9-12(16-10(17)2)20(18,19)15-5-4-11-13-6-7-14-11/h6-7,9,15H,3-5,8H2,1-2H3,(H,13,14). The summed E-state index contributed by atoms with van der Waals surface area (Å²) in [4.78, 5) is 11.1. The lowest BCUT2D eigenvalue weighted by atomic mass is 10.4. The van der Waals surface area contributed by atoms with E-state index in [2.05, 4.69) is 19.7 Å². The van der Waals surface area contributed by atoms with Crippen LogP contribution in [-0.2, 0) is 23.0 Å². The summed E-state index contributed by atoms with van der Waals surface area (Å²) in [6.45, 7) is 4.89. The SMILES string of the molecule is CCCn1cc(S(=O)(=O)NCCc2ncc[nH]2)nc1C. The Bertz CT molecular complexity index is 645. The predicted octanol–water partition coefficient (Wildman–Crippen LogP) is 0.846. The van der Waals surface area contributed by atoms with Crippen molar-refractivity contribution in [1.82, 2.24) is 24.2 Å². The van der Waals surface area contributed by atoms with Crippen LogP contribution in [0, 0.1) is 6.92 Å². The van der Waals surface area contributed by atoms with Gasteiger partial charge < -0.3 is 9.55 Å². The molecule has 7 nitrogen and oxygen atoms in total. The molecular formula is C12H19N5O2S. The highest BCUT2D eigenvalue weighted by Crippen LogP contribution is 2.09. The average molecular weight is 297 g/mol. The molecule has 0 aliphatic carbocycles. The second kappa shape index (κ2) is 6.19. The topological polar surface area (TPSA) is 92.7 Å². The first-order valence-corrected chi connectivity index (χ1v) is 8.03. The molecule has 8 heteroatoms. The van der Waals surface area contributed by atoms with E-state index in [1.807, 2.05) is 11.5 Å². The molecule has 2 aromatic heterocycles. The third kappa shape index (κ3) is 3.45. The summed E-state index contributed by atoms with van der Waals surface area (Å²) in [5.74, 6) is 1.46. The van der Waals surface area contributed by atoms with Crippen LogP contribution in [0.5, 0.6) is 0 Å². The van der Waals surface area contributed by atoms with Crippen molar-refractivity contribution >= 4 is 10.0 Å². The molecule has 0 bridgehead atoms. The fourth-order valence-corrected chi connectivity index (χ4v) is 2.93. The zero-order valence-electron chi connectivity index (χ0n) is 11.6. The molecule has 2 heterocycles. The van der Waals surface area contributed by atoms with Crippen molar-refractivity contribution in [1.29, 1.82) is 0 Å². The van der Waals surface area contributed by atoms with E-state index < -0.39 is 10.0 Å². The number of aromatic nitrogens is 4. The molecule has 0 amide bonds. The van der Waals surface area contributed by atoms with Gasteiger partial charge in [0.15, 0.2) is 5.03 Å². The van der Waals surface area contributed by atoms with Crippen LogP contribution in [0.25, 0.3) is 0 Å². The van der Waals surface area contributed by atoms with Crippen molar-refractivity contribution in [2.75, 3.05) is 6.54 Å². The first kappa shape index (κ1) is 14.7. The van der Waals surface area contributed by atoms with Crippen LogP contribution in [0.3, 0.4) is 0 Å². The number of hydrogen-bond acceptors (Lipinski definition) is 4. The summed E-state index contributed by atoms with van der Waals surface area (Å²) in [6, 6.07) is 0. The number of sulfonamides is 1. The van der Waals surface area contributed by atoms with Gasteiger partial charge in [0.1, 0.15) is 11.6 Å². The third-order valence-electron chi connectivity index (χ3n) is 2.90. The van der Waals surface area contributed by atoms with E-state index in [9.17, 15) is 8.42 Å². The molecule has 20 heavy (non-hydrogen) atoms. The molecule has 0 unspecified atom stereocenters. The quantitative estimate of drug-likeness (QED) is 0.792. The Morgan fingerprint density at radius 2 is 2.25 bits per heavy atom. The lowest BCUT2D eigenvalue weighted by Gasteiger charge is -2.02. The Morgan fingerprint density at radius 1 is 1.45 bits per heavy atom. The predicted molar refractivity (Wildman–Crippen MR) is 74.7 cm³/mol. The van der Waals surface area contributed by atoms with Crippen LogP contribution in [0.15, 0.2) is 23.6 Å². The molecular weight excluding hydrogens is 278 g/mol. The van der Waals surface area contributed by atoms with Crippen molar-refractivity contribution in [3.8, 4) is 0 Å². The van der Waals surface area contributed by atoms with Gasteiger partial charge in [0.25, 0.3) is 10.0 Å². The molecule has 0 atom stereocenters. The van der Waals surface area contributed by atoms with Gasteiger partial charge in [0, 0.05) is 38.1 Å². The van der Waals surface area contributed by atoms with Crippen LogP contribution < -0.4 is 4.72 Å². The summed E-state index contributed by atoms with van der Waals surface area (Å²) in [5.41, 5.74) is 0. The van der Waals surface area contributed by atoms with E-state index in [1.54, 1.807) is 25.5 Å². The summed E-state index contributed by atoms with van der Waals surface area (Å²) in [5, 5.41) is 0.0721. The Hall–Kier alpha value is -1.67. The molecule has 0 fully saturated rings. The maximum atomic E-state index is 12.1. The molecule has 0 aromatic carbocycles. The summed E-state index contributed by atoms with van der Waals surface area (Å²) in [6.07, 6.45) is 6.37. The van der Waals surface area contributed by atoms with Gasteiger partial charge in [-0.3, -0.25) is 0 Å². The van der Waals surface area contributed by atoms with E-state index in [0.29, 0.717) is 12.2 Å². The smallest absolute Gasteiger partial charge is 0.259 e. The summed E-state index contributed by atoms with van der Waals surface area (Å²) >= 11 is 0. The van der Waals surface area contributed by atoms with Gasteiger partial charge in [-0.15, -0.1) is 0 Å².